The molecule has 0 atom stereocenters. The van der Waals surface area contributed by atoms with Crippen molar-refractivity contribution in [3.8, 4) is 0 Å². The molecule has 0 aliphatic carbocycles. The third-order valence-corrected chi connectivity index (χ3v) is 3.47. The number of anilines is 2. The number of hydrogen-bond acceptors (Lipinski definition) is 7. The largest absolute Gasteiger partial charge is 0.480 e. The molecule has 0 saturated carbocycles. The highest BCUT2D eigenvalue weighted by atomic mass is 16.6. The Morgan fingerprint density at radius 2 is 1.56 bits per heavy atom. The normalized spacial score (nSPS) is 10.1. The Morgan fingerprint density at radius 1 is 1.04 bits per heavy atom. The van der Waals surface area contributed by atoms with E-state index < -0.39 is 45.2 Å². The predicted octanol–water partition coefficient (Wildman–Crippen LogP) is 2.37. The van der Waals surface area contributed by atoms with Crippen molar-refractivity contribution in [3.63, 3.8) is 0 Å². The summed E-state index contributed by atoms with van der Waals surface area (Å²) in [6.45, 7) is 1.10. The molecule has 2 rings (SSSR count). The molecule has 11 nitrogen and oxygen atoms in total. The number of aliphatic carboxylic acids is 1. The van der Waals surface area contributed by atoms with E-state index in [0.717, 1.165) is 17.7 Å². The molecule has 0 radical (unpaired) electrons. The van der Waals surface area contributed by atoms with Crippen LogP contribution in [-0.2, 0) is 4.79 Å². The molecule has 0 spiro atoms. The van der Waals surface area contributed by atoms with E-state index in [1.165, 1.54) is 0 Å². The minimum absolute atomic E-state index is 0.384. The maximum absolute atomic E-state index is 12.0. The van der Waals surface area contributed by atoms with Gasteiger partial charge in [-0.1, -0.05) is 17.7 Å². The van der Waals surface area contributed by atoms with Gasteiger partial charge in [-0.2, -0.15) is 0 Å². The summed E-state index contributed by atoms with van der Waals surface area (Å²) in [7, 11) is 0. The van der Waals surface area contributed by atoms with E-state index in [-0.39, 0.29) is 5.69 Å². The number of nitro benzene ring substituents is 2. The minimum atomic E-state index is -1.33. The van der Waals surface area contributed by atoms with Gasteiger partial charge in [-0.25, -0.2) is 0 Å². The van der Waals surface area contributed by atoms with E-state index in [4.69, 9.17) is 5.11 Å². The second-order valence-electron chi connectivity index (χ2n) is 5.47. The fourth-order valence-electron chi connectivity index (χ4n) is 2.20. The summed E-state index contributed by atoms with van der Waals surface area (Å²) in [5.41, 5.74) is -0.854. The van der Waals surface area contributed by atoms with E-state index in [9.17, 15) is 29.8 Å². The van der Waals surface area contributed by atoms with Gasteiger partial charge < -0.3 is 15.7 Å². The van der Waals surface area contributed by atoms with Crippen LogP contribution < -0.4 is 10.6 Å². The minimum Gasteiger partial charge on any atom is -0.480 e. The van der Waals surface area contributed by atoms with Crippen molar-refractivity contribution in [2.75, 3.05) is 11.9 Å². The van der Waals surface area contributed by atoms with Crippen molar-refractivity contribution in [1.29, 1.82) is 0 Å². The zero-order valence-electron chi connectivity index (χ0n) is 14.0. The number of benzene rings is 2. The highest BCUT2D eigenvalue weighted by molar-refractivity contribution is 5.99. The van der Waals surface area contributed by atoms with Gasteiger partial charge in [0.05, 0.1) is 15.4 Å². The van der Waals surface area contributed by atoms with Gasteiger partial charge >= 0.3 is 17.3 Å². The zero-order valence-corrected chi connectivity index (χ0v) is 14.0. The third kappa shape index (κ3) is 4.75. The van der Waals surface area contributed by atoms with Crippen LogP contribution in [0.2, 0.25) is 0 Å². The van der Waals surface area contributed by atoms with Gasteiger partial charge in [0, 0.05) is 17.8 Å². The van der Waals surface area contributed by atoms with Crippen molar-refractivity contribution in [1.82, 2.24) is 5.32 Å². The molecule has 0 fully saturated rings. The number of nitrogens with one attached hydrogen (secondary N) is 2. The number of aryl methyl sites for hydroxylation is 1. The number of carboxylic acid groups (broad SMARTS) is 1. The van der Waals surface area contributed by atoms with Crippen LogP contribution in [0.1, 0.15) is 15.9 Å². The number of nitrogens with zero attached hydrogens (tertiary/aromatic N) is 2. The molecule has 0 bridgehead atoms. The standard InChI is InChI=1S/C16H14N4O7/c1-9-2-4-11(5-3-9)18-15-12(19(24)25)6-10(7-13(15)20(26)27)16(23)17-8-14(21)22/h2-7,18H,8H2,1H3,(H,17,23)(H,21,22). The van der Waals surface area contributed by atoms with Crippen LogP contribution in [0.25, 0.3) is 0 Å². The maximum atomic E-state index is 12.0. The SMILES string of the molecule is Cc1ccc(Nc2c([N+](=O)[O-])cc(C(=O)NCC(=O)O)cc2[N+](=O)[O-])cc1. The molecule has 0 saturated heterocycles. The van der Waals surface area contributed by atoms with Crippen LogP contribution in [0.15, 0.2) is 36.4 Å². The smallest absolute Gasteiger partial charge is 0.322 e. The number of hydrogen-bond donors (Lipinski definition) is 3. The van der Waals surface area contributed by atoms with Gasteiger partial charge in [-0.3, -0.25) is 29.8 Å². The Labute approximate surface area is 151 Å². The van der Waals surface area contributed by atoms with Crippen molar-refractivity contribution >= 4 is 34.6 Å². The fraction of sp³-hybridized carbons (Fsp3) is 0.125. The molecule has 140 valence electrons. The first-order valence-electron chi connectivity index (χ1n) is 7.49. The highest BCUT2D eigenvalue weighted by Gasteiger charge is 2.29. The van der Waals surface area contributed by atoms with Gasteiger partial charge in [0.1, 0.15) is 6.54 Å². The third-order valence-electron chi connectivity index (χ3n) is 3.47. The molecule has 27 heavy (non-hydrogen) atoms. The molecule has 0 aliphatic rings. The molecule has 2 aromatic rings. The van der Waals surface area contributed by atoms with Gasteiger partial charge in [0.15, 0.2) is 5.69 Å². The zero-order chi connectivity index (χ0) is 20.1. The summed E-state index contributed by atoms with van der Waals surface area (Å²) in [4.78, 5) is 43.6. The summed E-state index contributed by atoms with van der Waals surface area (Å²) < 4.78 is 0. The Kier molecular flexibility index (Phi) is 5.65. The van der Waals surface area contributed by atoms with Crippen molar-refractivity contribution < 1.29 is 24.5 Å². The number of carboxylic acids is 1. The highest BCUT2D eigenvalue weighted by Crippen LogP contribution is 2.37. The van der Waals surface area contributed by atoms with E-state index in [2.05, 4.69) is 5.32 Å². The van der Waals surface area contributed by atoms with Gasteiger partial charge in [0.25, 0.3) is 5.91 Å². The number of nitro groups is 2. The fourth-order valence-corrected chi connectivity index (χ4v) is 2.20. The first kappa shape index (κ1) is 19.3. The summed E-state index contributed by atoms with van der Waals surface area (Å²) in [5, 5.41) is 36.0. The lowest BCUT2D eigenvalue weighted by Gasteiger charge is -2.10. The van der Waals surface area contributed by atoms with E-state index in [0.29, 0.717) is 5.69 Å². The molecule has 2 aromatic carbocycles. The lowest BCUT2D eigenvalue weighted by Crippen LogP contribution is -2.29. The van der Waals surface area contributed by atoms with Crippen molar-refractivity contribution in [3.05, 3.63) is 67.8 Å². The predicted molar refractivity (Wildman–Crippen MR) is 94.2 cm³/mol. The second-order valence-corrected chi connectivity index (χ2v) is 5.47. The molecule has 0 aromatic heterocycles. The van der Waals surface area contributed by atoms with Crippen LogP contribution in [0, 0.1) is 27.2 Å². The Hall–Kier alpha value is -4.02. The average molecular weight is 374 g/mol. The van der Waals surface area contributed by atoms with Gasteiger partial charge in [-0.05, 0) is 19.1 Å². The lowest BCUT2D eigenvalue weighted by atomic mass is 10.1. The molecular weight excluding hydrogens is 360 g/mol. The Morgan fingerprint density at radius 3 is 2.00 bits per heavy atom. The first-order chi connectivity index (χ1) is 12.7. The van der Waals surface area contributed by atoms with Crippen LogP contribution in [0.4, 0.5) is 22.7 Å². The van der Waals surface area contributed by atoms with Gasteiger partial charge in [0.2, 0.25) is 0 Å². The number of amides is 1. The molecule has 11 heteroatoms. The van der Waals surface area contributed by atoms with E-state index in [1.54, 1.807) is 24.3 Å². The van der Waals surface area contributed by atoms with E-state index >= 15 is 0 Å². The quantitative estimate of drug-likeness (QED) is 0.491. The second kappa shape index (κ2) is 7.91. The summed E-state index contributed by atoms with van der Waals surface area (Å²) in [5.74, 6) is -2.31. The lowest BCUT2D eigenvalue weighted by molar-refractivity contribution is -0.392. The molecule has 1 amide bonds. The molecule has 0 aliphatic heterocycles. The summed E-state index contributed by atoms with van der Waals surface area (Å²) >= 11 is 0. The summed E-state index contributed by atoms with van der Waals surface area (Å²) in [6.07, 6.45) is 0. The van der Waals surface area contributed by atoms with Crippen molar-refractivity contribution in [2.24, 2.45) is 0 Å². The molecule has 0 unspecified atom stereocenters. The molecular formula is C16H14N4O7. The monoisotopic (exact) mass is 374 g/mol. The van der Waals surface area contributed by atoms with Gasteiger partial charge in [-0.15, -0.1) is 0 Å². The Bertz CT molecular complexity index is 890. The summed E-state index contributed by atoms with van der Waals surface area (Å²) in [6, 6.07) is 8.31. The topological polar surface area (TPSA) is 165 Å². The van der Waals surface area contributed by atoms with Crippen LogP contribution in [0.3, 0.4) is 0 Å². The van der Waals surface area contributed by atoms with Crippen LogP contribution in [-0.4, -0.2) is 33.4 Å². The number of carbonyl (C=O) groups excluding carboxylic acids is 1. The van der Waals surface area contributed by atoms with Crippen molar-refractivity contribution in [2.45, 2.75) is 6.92 Å². The Balaban J connectivity index is 2.52. The molecule has 3 N–H and O–H groups in total. The maximum Gasteiger partial charge on any atom is 0.322 e. The molecule has 0 heterocycles. The van der Waals surface area contributed by atoms with Crippen LogP contribution >= 0.6 is 0 Å². The number of carbonyl (C=O) groups is 2. The van der Waals surface area contributed by atoms with Crippen LogP contribution in [0.5, 0.6) is 0 Å². The first-order valence-corrected chi connectivity index (χ1v) is 7.49. The number of rotatable bonds is 7. The van der Waals surface area contributed by atoms with E-state index in [1.807, 2.05) is 12.2 Å². The average Bonchev–Trinajstić information content (AvgIpc) is 2.61.